The van der Waals surface area contributed by atoms with Crippen molar-refractivity contribution in [1.29, 1.82) is 0 Å². The van der Waals surface area contributed by atoms with Gasteiger partial charge < -0.3 is 0 Å². The Bertz CT molecular complexity index is 798. The Morgan fingerprint density at radius 3 is 1.20 bits per heavy atom. The molecule has 0 fully saturated rings. The largest absolute Gasteiger partial charge is 0.273 e. The second kappa shape index (κ2) is 7.42. The quantitative estimate of drug-likeness (QED) is 0.313. The Morgan fingerprint density at radius 2 is 0.920 bits per heavy atom. The zero-order valence-electron chi connectivity index (χ0n) is 12.1. The molecule has 0 aliphatic heterocycles. The fraction of sp³-hybridized carbons (Fsp3) is 0.143. The van der Waals surface area contributed by atoms with Gasteiger partial charge in [0.05, 0.1) is 16.0 Å². The first-order chi connectivity index (χ1) is 11.7. The molecule has 2 aromatic carbocycles. The van der Waals surface area contributed by atoms with Crippen LogP contribution in [-0.4, -0.2) is 5.75 Å². The van der Waals surface area contributed by atoms with Gasteiger partial charge in [-0.05, 0) is 17.7 Å². The van der Waals surface area contributed by atoms with Gasteiger partial charge in [0.15, 0.2) is 46.5 Å². The number of rotatable bonds is 4. The molecule has 2 N–H and O–H groups in total. The maximum absolute atomic E-state index is 14.1. The minimum atomic E-state index is -2.24. The molecule has 0 bridgehead atoms. The van der Waals surface area contributed by atoms with E-state index in [1.807, 2.05) is 0 Å². The third-order valence-corrected chi connectivity index (χ3v) is 4.63. The second-order valence-corrected chi connectivity index (χ2v) is 6.39. The molecule has 0 atom stereocenters. The van der Waals surface area contributed by atoms with Crippen LogP contribution in [-0.2, 0) is 0 Å². The lowest BCUT2D eigenvalue weighted by atomic mass is 10.0. The molecule has 0 saturated heterocycles. The third-order valence-electron chi connectivity index (χ3n) is 3.10. The number of benzene rings is 2. The van der Waals surface area contributed by atoms with Gasteiger partial charge in [0.2, 0.25) is 0 Å². The molecule has 0 aliphatic carbocycles. The lowest BCUT2D eigenvalue weighted by Gasteiger charge is -2.14. The lowest BCUT2D eigenvalue weighted by molar-refractivity contribution is 0.415. The monoisotopic (exact) mass is 405 g/mol. The summed E-state index contributed by atoms with van der Waals surface area (Å²) in [6.45, 7) is 1.43. The molecule has 2 rings (SSSR count). The summed E-state index contributed by atoms with van der Waals surface area (Å²) < 4.78 is 112. The molecular weight excluding hydrogens is 398 g/mol. The number of nitrogens with two attached hydrogens (primary N) is 1. The van der Waals surface area contributed by atoms with E-state index in [-0.39, 0.29) is 17.7 Å². The van der Waals surface area contributed by atoms with Crippen molar-refractivity contribution < 1.29 is 35.1 Å². The van der Waals surface area contributed by atoms with Crippen molar-refractivity contribution in [2.75, 3.05) is 5.75 Å². The van der Waals surface area contributed by atoms with Crippen molar-refractivity contribution >= 4 is 23.7 Å². The summed E-state index contributed by atoms with van der Waals surface area (Å²) in [5.74, 6) is -16.8. The highest BCUT2D eigenvalue weighted by molar-refractivity contribution is 7.99. The van der Waals surface area contributed by atoms with Crippen LogP contribution >= 0.6 is 23.7 Å². The maximum atomic E-state index is 14.1. The molecule has 25 heavy (non-hydrogen) atoms. The van der Waals surface area contributed by atoms with Gasteiger partial charge in [-0.2, -0.15) is 0 Å². The van der Waals surface area contributed by atoms with Crippen LogP contribution in [0.15, 0.2) is 9.79 Å². The highest BCUT2D eigenvalue weighted by Gasteiger charge is 2.34. The Hall–Kier alpha value is -1.46. The predicted octanol–water partition coefficient (Wildman–Crippen LogP) is 5.54. The van der Waals surface area contributed by atoms with Gasteiger partial charge >= 0.3 is 0 Å². The number of thioether (sulfide) groups is 1. The molecule has 0 amide bonds. The summed E-state index contributed by atoms with van der Waals surface area (Å²) in [4.78, 5) is -2.35. The van der Waals surface area contributed by atoms with Crippen molar-refractivity contribution in [2.24, 2.45) is 5.14 Å². The van der Waals surface area contributed by atoms with E-state index in [1.54, 1.807) is 0 Å². The molecule has 1 nitrogen and oxygen atoms in total. The summed E-state index contributed by atoms with van der Waals surface area (Å²) >= 11 is 0.205. The van der Waals surface area contributed by atoms with E-state index < -0.39 is 67.5 Å². The van der Waals surface area contributed by atoms with Crippen LogP contribution in [0.1, 0.15) is 6.92 Å². The summed E-state index contributed by atoms with van der Waals surface area (Å²) in [6, 6.07) is 0. The highest BCUT2D eigenvalue weighted by Crippen LogP contribution is 2.41. The van der Waals surface area contributed by atoms with Crippen molar-refractivity contribution in [3.05, 3.63) is 46.5 Å². The fourth-order valence-electron chi connectivity index (χ4n) is 2.04. The zero-order valence-corrected chi connectivity index (χ0v) is 13.8. The van der Waals surface area contributed by atoms with Gasteiger partial charge in [-0.15, -0.1) is 11.8 Å². The Morgan fingerprint density at radius 1 is 0.600 bits per heavy atom. The predicted molar refractivity (Wildman–Crippen MR) is 78.0 cm³/mol. The van der Waals surface area contributed by atoms with E-state index in [4.69, 9.17) is 5.14 Å². The van der Waals surface area contributed by atoms with Crippen LogP contribution in [0.2, 0.25) is 0 Å². The molecule has 0 unspecified atom stereocenters. The van der Waals surface area contributed by atoms with Gasteiger partial charge in [0, 0.05) is 0 Å². The van der Waals surface area contributed by atoms with E-state index in [0.717, 1.165) is 0 Å². The molecule has 0 spiro atoms. The molecule has 0 aromatic heterocycles. The SMILES string of the molecule is CCSc1c(F)c(F)c(-c2c(F)c(F)c(SN)c(F)c2F)c(F)c1F. The molecule has 0 saturated carbocycles. The third kappa shape index (κ3) is 3.08. The highest BCUT2D eigenvalue weighted by atomic mass is 32.2. The van der Waals surface area contributed by atoms with Gasteiger partial charge in [-0.1, -0.05) is 6.92 Å². The van der Waals surface area contributed by atoms with Gasteiger partial charge in [0.1, 0.15) is 4.90 Å². The molecule has 0 radical (unpaired) electrons. The molecule has 11 heteroatoms. The first-order valence-electron chi connectivity index (χ1n) is 6.40. The van der Waals surface area contributed by atoms with E-state index in [2.05, 4.69) is 0 Å². The van der Waals surface area contributed by atoms with Crippen LogP contribution in [0, 0.1) is 46.5 Å². The van der Waals surface area contributed by atoms with Crippen LogP contribution in [0.4, 0.5) is 35.1 Å². The lowest BCUT2D eigenvalue weighted by Crippen LogP contribution is -2.09. The molecule has 0 heterocycles. The summed E-state index contributed by atoms with van der Waals surface area (Å²) in [7, 11) is 0. The van der Waals surface area contributed by atoms with Crippen LogP contribution in [0.5, 0.6) is 0 Å². The second-order valence-electron chi connectivity index (χ2n) is 4.47. The van der Waals surface area contributed by atoms with Crippen molar-refractivity contribution in [3.63, 3.8) is 0 Å². The molecular formula is C14H7F8NS2. The van der Waals surface area contributed by atoms with Gasteiger partial charge in [-0.25, -0.2) is 35.1 Å². The standard InChI is InChI=1S/C14H7F8NS2/c1-2-24-13-9(19)5(15)3(6(16)10(13)20)4-7(17)11(21)14(25-23)12(22)8(4)18/h2,23H2,1H3. The Labute approximate surface area is 144 Å². The average Bonchev–Trinajstić information content (AvgIpc) is 2.58. The number of hydrogen-bond acceptors (Lipinski definition) is 3. The van der Waals surface area contributed by atoms with Crippen molar-refractivity contribution in [3.8, 4) is 11.1 Å². The molecule has 136 valence electrons. The van der Waals surface area contributed by atoms with Crippen LogP contribution in [0.25, 0.3) is 11.1 Å². The van der Waals surface area contributed by atoms with E-state index in [0.29, 0.717) is 11.8 Å². The smallest absolute Gasteiger partial charge is 0.177 e. The van der Waals surface area contributed by atoms with Crippen LogP contribution < -0.4 is 5.14 Å². The molecule has 2 aromatic rings. The Balaban J connectivity index is 2.94. The Kier molecular flexibility index (Phi) is 5.89. The summed E-state index contributed by atoms with van der Waals surface area (Å²) in [6.07, 6.45) is 0. The molecule has 0 aliphatic rings. The van der Waals surface area contributed by atoms with E-state index in [9.17, 15) is 35.1 Å². The number of hydrogen-bond donors (Lipinski definition) is 1. The average molecular weight is 405 g/mol. The summed E-state index contributed by atoms with van der Waals surface area (Å²) in [5.41, 5.74) is -3.80. The first kappa shape index (κ1) is 19.9. The fourth-order valence-corrected chi connectivity index (χ4v) is 3.14. The first-order valence-corrected chi connectivity index (χ1v) is 8.27. The minimum absolute atomic E-state index is 0.0282. The normalized spacial score (nSPS) is 11.3. The van der Waals surface area contributed by atoms with Gasteiger partial charge in [0.25, 0.3) is 0 Å². The topological polar surface area (TPSA) is 26.0 Å². The number of halogens is 8. The van der Waals surface area contributed by atoms with E-state index in [1.165, 1.54) is 6.92 Å². The maximum Gasteiger partial charge on any atom is 0.177 e. The minimum Gasteiger partial charge on any atom is -0.273 e. The van der Waals surface area contributed by atoms with E-state index >= 15 is 0 Å². The van der Waals surface area contributed by atoms with Gasteiger partial charge in [-0.3, -0.25) is 5.14 Å². The van der Waals surface area contributed by atoms with Crippen molar-refractivity contribution in [2.45, 2.75) is 16.7 Å². The van der Waals surface area contributed by atoms with Crippen LogP contribution in [0.3, 0.4) is 0 Å². The van der Waals surface area contributed by atoms with Crippen molar-refractivity contribution in [1.82, 2.24) is 0 Å². The zero-order chi connectivity index (χ0) is 19.0. The summed E-state index contributed by atoms with van der Waals surface area (Å²) in [5, 5.41) is 4.87.